The first-order chi connectivity index (χ1) is 27.4. The van der Waals surface area contributed by atoms with Crippen LogP contribution in [0.1, 0.15) is 106 Å². The van der Waals surface area contributed by atoms with Crippen molar-refractivity contribution in [2.75, 3.05) is 20.1 Å². The summed E-state index contributed by atoms with van der Waals surface area (Å²) in [4.78, 5) is 101. The molecule has 2 aliphatic rings. The maximum atomic E-state index is 14.5. The Balaban J connectivity index is 2.16. The number of carbonyl (C=O) groups is 7. The minimum absolute atomic E-state index is 0.0502. The van der Waals surface area contributed by atoms with Gasteiger partial charge in [-0.05, 0) is 63.4 Å². The van der Waals surface area contributed by atoms with Gasteiger partial charge in [0.25, 0.3) is 5.91 Å². The van der Waals surface area contributed by atoms with Crippen molar-refractivity contribution in [1.82, 2.24) is 25.8 Å². The third-order valence-electron chi connectivity index (χ3n) is 11.7. The first-order valence-electron chi connectivity index (χ1n) is 20.7. The summed E-state index contributed by atoms with van der Waals surface area (Å²) >= 11 is 0. The molecule has 0 aromatic heterocycles. The fourth-order valence-electron chi connectivity index (χ4n) is 7.25. The van der Waals surface area contributed by atoms with Gasteiger partial charge in [0.1, 0.15) is 36.8 Å². The molecule has 0 saturated carbocycles. The Morgan fingerprint density at radius 2 is 1.53 bits per heavy atom. The number of ether oxygens (including phenoxy) is 2. The summed E-state index contributed by atoms with van der Waals surface area (Å²) in [6, 6.07) is 4.78. The number of unbranched alkanes of at least 4 members (excludes halogenated alkanes) is 1. The van der Waals surface area contributed by atoms with Crippen molar-refractivity contribution in [3.63, 3.8) is 0 Å². The lowest BCUT2D eigenvalue weighted by Crippen LogP contribution is -2.59. The van der Waals surface area contributed by atoms with Crippen molar-refractivity contribution in [3.05, 3.63) is 35.9 Å². The van der Waals surface area contributed by atoms with E-state index in [0.29, 0.717) is 38.5 Å². The zero-order valence-corrected chi connectivity index (χ0v) is 35.8. The maximum absolute atomic E-state index is 14.5. The summed E-state index contributed by atoms with van der Waals surface area (Å²) < 4.78 is 12.0. The molecule has 1 aromatic carbocycles. The molecule has 2 fully saturated rings. The SMILES string of the molecule is C#CCCC[C@@H]1OC(=O)CNC(=O)[C@H]([C@@H](C)CC)NC(=O)[C@@H]2CCCN2C(=O)[C@H]([C@@H](C)CC)OC(=O)[C@H](Cc2ccccc2)N(C)C(=O)[C@H](C(C)C)NC(=O)C1(C)C. The van der Waals surface area contributed by atoms with E-state index >= 15 is 0 Å². The quantitative estimate of drug-likeness (QED) is 0.181. The Morgan fingerprint density at radius 3 is 2.14 bits per heavy atom. The average molecular weight is 808 g/mol. The van der Waals surface area contributed by atoms with Gasteiger partial charge in [-0.1, -0.05) is 78.3 Å². The molecule has 0 unspecified atom stereocenters. The first-order valence-corrected chi connectivity index (χ1v) is 20.7. The number of likely N-dealkylation sites (N-methyl/N-ethyl adjacent to an activating group) is 1. The van der Waals surface area contributed by atoms with Gasteiger partial charge in [0.15, 0.2) is 6.10 Å². The number of terminal acetylenes is 1. The second-order valence-electron chi connectivity index (χ2n) is 16.7. The molecule has 0 radical (unpaired) electrons. The van der Waals surface area contributed by atoms with Crippen LogP contribution in [0.5, 0.6) is 0 Å². The number of nitrogens with one attached hydrogen (secondary N) is 3. The van der Waals surface area contributed by atoms with Gasteiger partial charge in [0.05, 0.1) is 5.41 Å². The summed E-state index contributed by atoms with van der Waals surface area (Å²) in [5, 5.41) is 8.30. The summed E-state index contributed by atoms with van der Waals surface area (Å²) in [7, 11) is 1.47. The molecule has 320 valence electrons. The highest BCUT2D eigenvalue weighted by atomic mass is 16.6. The van der Waals surface area contributed by atoms with Gasteiger partial charge in [-0.15, -0.1) is 12.3 Å². The number of cyclic esters (lactones) is 2. The second-order valence-corrected chi connectivity index (χ2v) is 16.7. The molecule has 0 aliphatic carbocycles. The van der Waals surface area contributed by atoms with Crippen LogP contribution in [0, 0.1) is 35.5 Å². The van der Waals surface area contributed by atoms with Crippen LogP contribution >= 0.6 is 0 Å². The molecule has 2 aliphatic heterocycles. The Kier molecular flexibility index (Phi) is 17.8. The summed E-state index contributed by atoms with van der Waals surface area (Å²) in [6.45, 7) is 13.7. The van der Waals surface area contributed by atoms with Gasteiger partial charge in [-0.25, -0.2) is 4.79 Å². The lowest BCUT2D eigenvalue weighted by atomic mass is 9.82. The molecule has 14 heteroatoms. The molecule has 3 N–H and O–H groups in total. The Bertz CT molecular complexity index is 1660. The molecule has 1 aromatic rings. The van der Waals surface area contributed by atoms with Gasteiger partial charge >= 0.3 is 11.9 Å². The number of amides is 5. The number of hydrogen-bond acceptors (Lipinski definition) is 9. The maximum Gasteiger partial charge on any atom is 0.329 e. The highest BCUT2D eigenvalue weighted by Crippen LogP contribution is 2.30. The van der Waals surface area contributed by atoms with Crippen molar-refractivity contribution in [2.24, 2.45) is 23.2 Å². The lowest BCUT2D eigenvalue weighted by Gasteiger charge is -2.37. The number of carbonyl (C=O) groups excluding carboxylic acids is 7. The third-order valence-corrected chi connectivity index (χ3v) is 11.7. The fraction of sp³-hybridized carbons (Fsp3) is 0.659. The monoisotopic (exact) mass is 807 g/mol. The minimum Gasteiger partial charge on any atom is -0.460 e. The van der Waals surface area contributed by atoms with Crippen LogP contribution in [0.3, 0.4) is 0 Å². The van der Waals surface area contributed by atoms with Crippen LogP contribution in [0.15, 0.2) is 30.3 Å². The molecule has 2 saturated heterocycles. The number of fused-ring (bicyclic) bond motifs is 1. The van der Waals surface area contributed by atoms with E-state index in [1.54, 1.807) is 41.5 Å². The number of rotatable bonds is 10. The predicted octanol–water partition coefficient (Wildman–Crippen LogP) is 3.55. The van der Waals surface area contributed by atoms with E-state index < -0.39 is 102 Å². The molecule has 2 heterocycles. The fourth-order valence-corrected chi connectivity index (χ4v) is 7.25. The molecule has 3 rings (SSSR count). The van der Waals surface area contributed by atoms with E-state index in [1.165, 1.54) is 16.8 Å². The third kappa shape index (κ3) is 12.1. The van der Waals surface area contributed by atoms with Crippen molar-refractivity contribution in [1.29, 1.82) is 0 Å². The molecule has 8 atom stereocenters. The van der Waals surface area contributed by atoms with Gasteiger partial charge in [0.2, 0.25) is 23.6 Å². The zero-order chi connectivity index (χ0) is 43.3. The predicted molar refractivity (Wildman–Crippen MR) is 218 cm³/mol. The van der Waals surface area contributed by atoms with Crippen LogP contribution in [-0.4, -0.2) is 108 Å². The molecule has 0 bridgehead atoms. The van der Waals surface area contributed by atoms with Gasteiger partial charge < -0.3 is 35.2 Å². The van der Waals surface area contributed by atoms with Crippen molar-refractivity contribution >= 4 is 41.5 Å². The van der Waals surface area contributed by atoms with Gasteiger partial charge in [-0.2, -0.15) is 0 Å². The molecular weight excluding hydrogens is 743 g/mol. The Morgan fingerprint density at radius 1 is 0.879 bits per heavy atom. The van der Waals surface area contributed by atoms with Crippen LogP contribution in [0.25, 0.3) is 0 Å². The second kappa shape index (κ2) is 21.7. The van der Waals surface area contributed by atoms with Crippen molar-refractivity contribution in [3.8, 4) is 12.3 Å². The average Bonchev–Trinajstić information content (AvgIpc) is 3.70. The van der Waals surface area contributed by atoms with E-state index in [1.807, 2.05) is 44.2 Å². The van der Waals surface area contributed by atoms with Crippen molar-refractivity contribution < 1.29 is 43.0 Å². The smallest absolute Gasteiger partial charge is 0.329 e. The Labute approximate surface area is 344 Å². The van der Waals surface area contributed by atoms with Crippen LogP contribution in [0.2, 0.25) is 0 Å². The summed E-state index contributed by atoms with van der Waals surface area (Å²) in [5.74, 6) is -3.17. The van der Waals surface area contributed by atoms with E-state index in [2.05, 4.69) is 21.9 Å². The number of benzene rings is 1. The van der Waals surface area contributed by atoms with E-state index in [9.17, 15) is 33.6 Å². The van der Waals surface area contributed by atoms with E-state index in [-0.39, 0.29) is 25.3 Å². The standard InChI is InChI=1S/C44H65N5O9/c1-11-14-16-23-33-44(8,9)43(56)47-35(27(4)5)40(53)48(10)32(25-30-20-17-15-18-21-30)42(55)58-37(29(7)13-3)41(54)49-24-19-22-31(49)38(51)46-36(28(6)12-2)39(52)45-26-34(50)57-33/h1,15,17-18,20-21,27-29,31-33,35-37H,12-14,16,19,22-26H2,2-10H3,(H,45,52)(H,46,51)(H,47,56)/t28-,29-,31-,32-,33-,35-,36-,37-/m0/s1. The first kappa shape index (κ1) is 47.4. The van der Waals surface area contributed by atoms with Gasteiger partial charge in [-0.3, -0.25) is 28.8 Å². The van der Waals surface area contributed by atoms with Gasteiger partial charge in [0, 0.05) is 32.4 Å². The highest BCUT2D eigenvalue weighted by Gasteiger charge is 2.45. The number of nitrogens with zero attached hydrogens (tertiary/aromatic N) is 2. The molecular formula is C44H65N5O9. The topological polar surface area (TPSA) is 181 Å². The van der Waals surface area contributed by atoms with E-state index in [0.717, 1.165) is 5.56 Å². The number of hydrogen-bond donors (Lipinski definition) is 3. The minimum atomic E-state index is -1.39. The zero-order valence-electron chi connectivity index (χ0n) is 35.8. The lowest BCUT2D eigenvalue weighted by molar-refractivity contribution is -0.170. The normalized spacial score (nSPS) is 26.8. The summed E-state index contributed by atoms with van der Waals surface area (Å²) in [5.41, 5.74) is -0.653. The molecule has 0 spiro atoms. The molecule has 5 amide bonds. The van der Waals surface area contributed by atoms with Crippen molar-refractivity contribution in [2.45, 2.75) is 143 Å². The van der Waals surface area contributed by atoms with E-state index in [4.69, 9.17) is 15.9 Å². The van der Waals surface area contributed by atoms with Crippen LogP contribution in [-0.2, 0) is 49.5 Å². The van der Waals surface area contributed by atoms with Crippen LogP contribution in [0.4, 0.5) is 0 Å². The number of esters is 2. The Hall–Kier alpha value is -4.93. The molecule has 58 heavy (non-hydrogen) atoms. The highest BCUT2D eigenvalue weighted by molar-refractivity contribution is 5.96. The molecule has 14 nitrogen and oxygen atoms in total. The van der Waals surface area contributed by atoms with Crippen LogP contribution < -0.4 is 16.0 Å². The largest absolute Gasteiger partial charge is 0.460 e. The summed E-state index contributed by atoms with van der Waals surface area (Å²) in [6.07, 6.45) is 6.09.